The summed E-state index contributed by atoms with van der Waals surface area (Å²) in [5.41, 5.74) is 0.864. The van der Waals surface area contributed by atoms with E-state index < -0.39 is 0 Å². The van der Waals surface area contributed by atoms with Crippen molar-refractivity contribution in [1.82, 2.24) is 10.1 Å². The smallest absolute Gasteiger partial charge is 0.256 e. The van der Waals surface area contributed by atoms with E-state index in [9.17, 15) is 5.11 Å². The Balaban J connectivity index is 2.26. The Labute approximate surface area is 70.8 Å². The highest BCUT2D eigenvalue weighted by Crippen LogP contribution is 2.25. The van der Waals surface area contributed by atoms with E-state index in [0.29, 0.717) is 0 Å². The summed E-state index contributed by atoms with van der Waals surface area (Å²) < 4.78 is 4.95. The Bertz CT molecular complexity index is 283. The summed E-state index contributed by atoms with van der Waals surface area (Å²) in [6.07, 6.45) is 0.858. The van der Waals surface area contributed by atoms with Crippen LogP contribution in [0.4, 0.5) is 0 Å². The van der Waals surface area contributed by atoms with Gasteiger partial charge in [-0.15, -0.1) is 0 Å². The quantitative estimate of drug-likeness (QED) is 0.672. The van der Waals surface area contributed by atoms with Crippen LogP contribution in [0, 0.1) is 0 Å². The van der Waals surface area contributed by atoms with E-state index in [-0.39, 0.29) is 5.88 Å². The van der Waals surface area contributed by atoms with Crippen LogP contribution < -0.4 is 0 Å². The lowest BCUT2D eigenvalue weighted by molar-refractivity contribution is 0.247. The Morgan fingerprint density at radius 2 is 2.50 bits per heavy atom. The average molecular weight is 168 g/mol. The molecule has 0 aliphatic carbocycles. The van der Waals surface area contributed by atoms with Crippen LogP contribution in [0.15, 0.2) is 4.52 Å². The van der Waals surface area contributed by atoms with Crippen LogP contribution in [-0.2, 0) is 13.0 Å². The summed E-state index contributed by atoms with van der Waals surface area (Å²) in [5.74, 6) is 0.903. The van der Waals surface area contributed by atoms with E-state index in [1.807, 2.05) is 0 Å². The molecule has 0 amide bonds. The zero-order valence-electron chi connectivity index (χ0n) is 7.08. The first-order valence-corrected chi connectivity index (χ1v) is 4.20. The number of hydrogen-bond donors (Lipinski definition) is 1. The number of aromatic nitrogens is 1. The molecule has 1 aromatic rings. The largest absolute Gasteiger partial charge is 0.491 e. The van der Waals surface area contributed by atoms with Gasteiger partial charge in [-0.05, 0) is 11.7 Å². The van der Waals surface area contributed by atoms with E-state index >= 15 is 0 Å². The van der Waals surface area contributed by atoms with Crippen molar-refractivity contribution in [3.8, 4) is 5.88 Å². The Hall–Kier alpha value is -1.03. The Morgan fingerprint density at radius 1 is 1.67 bits per heavy atom. The zero-order chi connectivity index (χ0) is 8.55. The lowest BCUT2D eigenvalue weighted by Crippen LogP contribution is -2.29. The normalized spacial score (nSPS) is 17.8. The van der Waals surface area contributed by atoms with Gasteiger partial charge in [-0.1, -0.05) is 6.92 Å². The molecule has 0 unspecified atom stereocenters. The first kappa shape index (κ1) is 7.61. The minimum Gasteiger partial charge on any atom is -0.491 e. The summed E-state index contributed by atoms with van der Waals surface area (Å²) >= 11 is 0. The van der Waals surface area contributed by atoms with Crippen LogP contribution in [0.1, 0.15) is 18.2 Å². The van der Waals surface area contributed by atoms with E-state index in [1.165, 1.54) is 0 Å². The molecule has 2 rings (SSSR count). The molecular formula is C8H12N2O2. The molecule has 66 valence electrons. The third kappa shape index (κ3) is 1.08. The van der Waals surface area contributed by atoms with E-state index in [4.69, 9.17) is 4.52 Å². The Morgan fingerprint density at radius 3 is 3.25 bits per heavy atom. The van der Waals surface area contributed by atoms with Crippen molar-refractivity contribution < 1.29 is 9.63 Å². The first-order valence-electron chi connectivity index (χ1n) is 4.20. The van der Waals surface area contributed by atoms with Crippen LogP contribution in [0.2, 0.25) is 0 Å². The molecular weight excluding hydrogens is 156 g/mol. The molecule has 4 heteroatoms. The van der Waals surface area contributed by atoms with E-state index in [2.05, 4.69) is 17.0 Å². The topological polar surface area (TPSA) is 49.5 Å². The summed E-state index contributed by atoms with van der Waals surface area (Å²) in [6, 6.07) is 0. The van der Waals surface area contributed by atoms with Crippen molar-refractivity contribution in [2.24, 2.45) is 0 Å². The second kappa shape index (κ2) is 2.79. The summed E-state index contributed by atoms with van der Waals surface area (Å²) in [7, 11) is 0. The molecule has 0 saturated carbocycles. The van der Waals surface area contributed by atoms with Crippen LogP contribution in [0.5, 0.6) is 5.88 Å². The number of likely N-dealkylation sites (N-methyl/N-ethyl adjacent to an activating group) is 1. The highest BCUT2D eigenvalue weighted by Gasteiger charge is 2.22. The second-order valence-corrected chi connectivity index (χ2v) is 3.03. The second-order valence-electron chi connectivity index (χ2n) is 3.03. The molecule has 1 aromatic heterocycles. The molecule has 1 aliphatic heterocycles. The number of fused-ring (bicyclic) bond motifs is 1. The van der Waals surface area contributed by atoms with Crippen molar-refractivity contribution in [3.05, 3.63) is 11.3 Å². The molecule has 12 heavy (non-hydrogen) atoms. The first-order chi connectivity index (χ1) is 5.81. The van der Waals surface area contributed by atoms with Crippen molar-refractivity contribution in [2.45, 2.75) is 19.9 Å². The lowest BCUT2D eigenvalue weighted by Gasteiger charge is -2.23. The van der Waals surface area contributed by atoms with Gasteiger partial charge in [-0.3, -0.25) is 4.90 Å². The van der Waals surface area contributed by atoms with Crippen molar-refractivity contribution in [2.75, 3.05) is 13.1 Å². The van der Waals surface area contributed by atoms with Gasteiger partial charge in [0.15, 0.2) is 0 Å². The van der Waals surface area contributed by atoms with Gasteiger partial charge in [-0.2, -0.15) is 0 Å². The molecule has 1 aliphatic rings. The number of hydrogen-bond acceptors (Lipinski definition) is 4. The third-order valence-corrected chi connectivity index (χ3v) is 2.33. The summed E-state index contributed by atoms with van der Waals surface area (Å²) in [4.78, 5) is 2.25. The molecule has 2 heterocycles. The molecule has 0 radical (unpaired) electrons. The van der Waals surface area contributed by atoms with Crippen LogP contribution in [-0.4, -0.2) is 28.3 Å². The zero-order valence-corrected chi connectivity index (χ0v) is 7.08. The number of aromatic hydroxyl groups is 1. The molecule has 0 spiro atoms. The van der Waals surface area contributed by atoms with Gasteiger partial charge in [-0.25, -0.2) is 0 Å². The van der Waals surface area contributed by atoms with Gasteiger partial charge >= 0.3 is 0 Å². The molecule has 1 N–H and O–H groups in total. The SMILES string of the molecule is CCN1CCc2onc(O)c2C1. The maximum Gasteiger partial charge on any atom is 0.256 e. The maximum atomic E-state index is 9.28. The standard InChI is InChI=1S/C8H12N2O2/c1-2-10-4-3-7-6(5-10)8(11)9-12-7/h2-5H2,1H3,(H,9,11). The predicted molar refractivity (Wildman–Crippen MR) is 42.8 cm³/mol. The molecule has 0 fully saturated rings. The highest BCUT2D eigenvalue weighted by molar-refractivity contribution is 5.28. The number of rotatable bonds is 1. The van der Waals surface area contributed by atoms with Gasteiger partial charge in [0.05, 0.1) is 5.56 Å². The van der Waals surface area contributed by atoms with E-state index in [1.54, 1.807) is 0 Å². The third-order valence-electron chi connectivity index (χ3n) is 2.33. The molecule has 0 atom stereocenters. The molecule has 0 aromatic carbocycles. The average Bonchev–Trinajstić information content (AvgIpc) is 2.47. The fraction of sp³-hybridized carbons (Fsp3) is 0.625. The minimum absolute atomic E-state index is 0.0585. The van der Waals surface area contributed by atoms with E-state index in [0.717, 1.165) is 37.4 Å². The lowest BCUT2D eigenvalue weighted by atomic mass is 10.1. The monoisotopic (exact) mass is 168 g/mol. The van der Waals surface area contributed by atoms with Gasteiger partial charge in [0.25, 0.3) is 5.88 Å². The van der Waals surface area contributed by atoms with Crippen molar-refractivity contribution >= 4 is 0 Å². The fourth-order valence-electron chi connectivity index (χ4n) is 1.52. The van der Waals surface area contributed by atoms with Gasteiger partial charge < -0.3 is 9.63 Å². The fourth-order valence-corrected chi connectivity index (χ4v) is 1.52. The van der Waals surface area contributed by atoms with Gasteiger partial charge in [0, 0.05) is 19.5 Å². The molecule has 0 saturated heterocycles. The van der Waals surface area contributed by atoms with Crippen LogP contribution in [0.3, 0.4) is 0 Å². The van der Waals surface area contributed by atoms with Crippen LogP contribution >= 0.6 is 0 Å². The Kier molecular flexibility index (Phi) is 1.77. The highest BCUT2D eigenvalue weighted by atomic mass is 16.5. The van der Waals surface area contributed by atoms with Crippen molar-refractivity contribution in [3.63, 3.8) is 0 Å². The number of nitrogens with zero attached hydrogens (tertiary/aromatic N) is 2. The minimum atomic E-state index is 0.0585. The molecule has 0 bridgehead atoms. The maximum absolute atomic E-state index is 9.28. The summed E-state index contributed by atoms with van der Waals surface area (Å²) in [5, 5.41) is 12.8. The van der Waals surface area contributed by atoms with Crippen LogP contribution in [0.25, 0.3) is 0 Å². The summed E-state index contributed by atoms with van der Waals surface area (Å²) in [6.45, 7) is 4.87. The van der Waals surface area contributed by atoms with Crippen molar-refractivity contribution in [1.29, 1.82) is 0 Å². The van der Waals surface area contributed by atoms with Gasteiger partial charge in [0.2, 0.25) is 0 Å². The van der Waals surface area contributed by atoms with Gasteiger partial charge in [0.1, 0.15) is 5.76 Å². The predicted octanol–water partition coefficient (Wildman–Crippen LogP) is 0.758. The molecule has 4 nitrogen and oxygen atoms in total.